The molecule has 0 aromatic rings. The van der Waals surface area contributed by atoms with Gasteiger partial charge in [-0.15, -0.1) is 0 Å². The Bertz CT molecular complexity index is 198. The van der Waals surface area contributed by atoms with E-state index in [0.717, 1.165) is 25.7 Å². The van der Waals surface area contributed by atoms with Crippen LogP contribution in [0.25, 0.3) is 0 Å². The van der Waals surface area contributed by atoms with E-state index in [-0.39, 0.29) is 6.42 Å². The normalized spacial score (nSPS) is 13.0. The molecular formula is C13H23F5. The van der Waals surface area contributed by atoms with Gasteiger partial charge in [-0.1, -0.05) is 58.3 Å². The van der Waals surface area contributed by atoms with Crippen molar-refractivity contribution in [1.82, 2.24) is 0 Å². The molecule has 110 valence electrons. The van der Waals surface area contributed by atoms with Gasteiger partial charge in [-0.3, -0.25) is 0 Å². The predicted molar refractivity (Wildman–Crippen MR) is 62.8 cm³/mol. The highest BCUT2D eigenvalue weighted by atomic mass is 19.4. The van der Waals surface area contributed by atoms with Gasteiger partial charge >= 0.3 is 12.1 Å². The van der Waals surface area contributed by atoms with Gasteiger partial charge in [-0.2, -0.15) is 22.0 Å². The number of halogens is 5. The molecule has 0 aliphatic rings. The molecule has 0 amide bonds. The highest BCUT2D eigenvalue weighted by molar-refractivity contribution is 4.75. The number of rotatable bonds is 10. The monoisotopic (exact) mass is 274 g/mol. The van der Waals surface area contributed by atoms with Crippen molar-refractivity contribution in [1.29, 1.82) is 0 Å². The first-order chi connectivity index (χ1) is 8.31. The van der Waals surface area contributed by atoms with E-state index in [1.165, 1.54) is 19.3 Å². The third-order valence-electron chi connectivity index (χ3n) is 3.01. The molecule has 0 heterocycles. The minimum atomic E-state index is -5.40. The molecule has 0 rings (SSSR count). The van der Waals surface area contributed by atoms with Crippen LogP contribution in [0.1, 0.15) is 71.1 Å². The first-order valence-electron chi connectivity index (χ1n) is 6.76. The van der Waals surface area contributed by atoms with Gasteiger partial charge in [0.05, 0.1) is 0 Å². The summed E-state index contributed by atoms with van der Waals surface area (Å²) in [4.78, 5) is 0. The lowest BCUT2D eigenvalue weighted by Crippen LogP contribution is -2.36. The molecule has 0 nitrogen and oxygen atoms in total. The molecule has 0 unspecified atom stereocenters. The zero-order chi connectivity index (χ0) is 14.1. The van der Waals surface area contributed by atoms with Crippen LogP contribution in [0.15, 0.2) is 0 Å². The molecule has 0 saturated heterocycles. The third-order valence-corrected chi connectivity index (χ3v) is 3.01. The van der Waals surface area contributed by atoms with Crippen molar-refractivity contribution < 1.29 is 22.0 Å². The topological polar surface area (TPSA) is 0 Å². The average Bonchev–Trinajstić information content (AvgIpc) is 2.25. The van der Waals surface area contributed by atoms with Gasteiger partial charge in [-0.25, -0.2) is 0 Å². The van der Waals surface area contributed by atoms with E-state index in [9.17, 15) is 22.0 Å². The van der Waals surface area contributed by atoms with Crippen LogP contribution in [-0.2, 0) is 0 Å². The van der Waals surface area contributed by atoms with Crippen LogP contribution in [0.2, 0.25) is 0 Å². The highest BCUT2D eigenvalue weighted by Gasteiger charge is 2.56. The van der Waals surface area contributed by atoms with Crippen molar-refractivity contribution in [3.8, 4) is 0 Å². The lowest BCUT2D eigenvalue weighted by atomic mass is 10.0. The molecule has 0 fully saturated rings. The molecule has 0 aliphatic carbocycles. The second kappa shape index (κ2) is 8.70. The summed E-state index contributed by atoms with van der Waals surface area (Å²) in [5.41, 5.74) is 0. The minimum Gasteiger partial charge on any atom is -0.196 e. The van der Waals surface area contributed by atoms with E-state index < -0.39 is 18.5 Å². The van der Waals surface area contributed by atoms with Crippen LogP contribution in [0, 0.1) is 0 Å². The van der Waals surface area contributed by atoms with Gasteiger partial charge in [0.25, 0.3) is 0 Å². The van der Waals surface area contributed by atoms with Gasteiger partial charge in [0.2, 0.25) is 0 Å². The van der Waals surface area contributed by atoms with Crippen LogP contribution in [-0.4, -0.2) is 12.1 Å². The fourth-order valence-electron chi connectivity index (χ4n) is 1.80. The van der Waals surface area contributed by atoms with Gasteiger partial charge in [0, 0.05) is 6.42 Å². The van der Waals surface area contributed by atoms with Crippen molar-refractivity contribution in [2.75, 3.05) is 0 Å². The SMILES string of the molecule is CCCCCCCCCCCC(F)(F)C(F)(F)F. The zero-order valence-electron chi connectivity index (χ0n) is 11.0. The second-order valence-corrected chi connectivity index (χ2v) is 4.78. The van der Waals surface area contributed by atoms with E-state index in [1.807, 2.05) is 0 Å². The lowest BCUT2D eigenvalue weighted by molar-refractivity contribution is -0.284. The van der Waals surface area contributed by atoms with E-state index in [1.54, 1.807) is 0 Å². The largest absolute Gasteiger partial charge is 0.453 e. The van der Waals surface area contributed by atoms with Crippen LogP contribution in [0.4, 0.5) is 22.0 Å². The first kappa shape index (κ1) is 17.6. The summed E-state index contributed by atoms with van der Waals surface area (Å²) in [5, 5.41) is 0. The lowest BCUT2D eigenvalue weighted by Gasteiger charge is -2.19. The van der Waals surface area contributed by atoms with Crippen molar-refractivity contribution in [3.63, 3.8) is 0 Å². The smallest absolute Gasteiger partial charge is 0.196 e. The van der Waals surface area contributed by atoms with Gasteiger partial charge in [0.15, 0.2) is 0 Å². The average molecular weight is 274 g/mol. The van der Waals surface area contributed by atoms with E-state index in [0.29, 0.717) is 6.42 Å². The number of unbranched alkanes of at least 4 members (excludes halogenated alkanes) is 8. The fraction of sp³-hybridized carbons (Fsp3) is 1.00. The molecule has 0 N–H and O–H groups in total. The minimum absolute atomic E-state index is 0.0541. The van der Waals surface area contributed by atoms with Crippen LogP contribution < -0.4 is 0 Å². The molecule has 0 radical (unpaired) electrons. The molecule has 0 saturated carbocycles. The molecular weight excluding hydrogens is 251 g/mol. The number of alkyl halides is 5. The van der Waals surface area contributed by atoms with Gasteiger partial charge in [0.1, 0.15) is 0 Å². The standard InChI is InChI=1S/C13H23F5/c1-2-3-4-5-6-7-8-9-10-11-12(14,15)13(16,17)18/h2-11H2,1H3. The summed E-state index contributed by atoms with van der Waals surface area (Å²) in [7, 11) is 0. The van der Waals surface area contributed by atoms with Crippen LogP contribution >= 0.6 is 0 Å². The van der Waals surface area contributed by atoms with E-state index >= 15 is 0 Å². The fourth-order valence-corrected chi connectivity index (χ4v) is 1.80. The molecule has 0 atom stereocenters. The van der Waals surface area contributed by atoms with Crippen LogP contribution in [0.3, 0.4) is 0 Å². The van der Waals surface area contributed by atoms with Crippen molar-refractivity contribution in [2.45, 2.75) is 83.2 Å². The Hall–Kier alpha value is -0.350. The molecule has 5 heteroatoms. The Balaban J connectivity index is 3.41. The Kier molecular flexibility index (Phi) is 8.53. The summed E-state index contributed by atoms with van der Waals surface area (Å²) in [6.45, 7) is 2.13. The summed E-state index contributed by atoms with van der Waals surface area (Å²) in [5.74, 6) is -4.52. The van der Waals surface area contributed by atoms with Crippen LogP contribution in [0.5, 0.6) is 0 Å². The molecule has 0 spiro atoms. The van der Waals surface area contributed by atoms with Gasteiger partial charge in [-0.05, 0) is 6.42 Å². The van der Waals surface area contributed by atoms with Crippen molar-refractivity contribution in [2.24, 2.45) is 0 Å². The maximum atomic E-state index is 12.5. The molecule has 0 aliphatic heterocycles. The maximum absolute atomic E-state index is 12.5. The molecule has 18 heavy (non-hydrogen) atoms. The Morgan fingerprint density at radius 1 is 0.611 bits per heavy atom. The Morgan fingerprint density at radius 3 is 1.39 bits per heavy atom. The summed E-state index contributed by atoms with van der Waals surface area (Å²) in [6.07, 6.45) is 1.36. The quantitative estimate of drug-likeness (QED) is 0.333. The third kappa shape index (κ3) is 7.88. The highest BCUT2D eigenvalue weighted by Crippen LogP contribution is 2.39. The molecule has 0 bridgehead atoms. The predicted octanol–water partition coefficient (Wildman–Crippen LogP) is 6.10. The van der Waals surface area contributed by atoms with E-state index in [2.05, 4.69) is 6.92 Å². The van der Waals surface area contributed by atoms with Gasteiger partial charge < -0.3 is 0 Å². The summed E-state index contributed by atoms with van der Waals surface area (Å²) >= 11 is 0. The Labute approximate surface area is 106 Å². The summed E-state index contributed by atoms with van der Waals surface area (Å²) in [6, 6.07) is 0. The summed E-state index contributed by atoms with van der Waals surface area (Å²) < 4.78 is 60.5. The van der Waals surface area contributed by atoms with Crippen molar-refractivity contribution >= 4 is 0 Å². The van der Waals surface area contributed by atoms with E-state index in [4.69, 9.17) is 0 Å². The van der Waals surface area contributed by atoms with Crippen molar-refractivity contribution in [3.05, 3.63) is 0 Å². The number of hydrogen-bond donors (Lipinski definition) is 0. The Morgan fingerprint density at radius 2 is 1.00 bits per heavy atom. The zero-order valence-corrected chi connectivity index (χ0v) is 11.0. The molecule has 0 aromatic heterocycles. The second-order valence-electron chi connectivity index (χ2n) is 4.78. The number of hydrogen-bond acceptors (Lipinski definition) is 0. The molecule has 0 aromatic carbocycles. The first-order valence-corrected chi connectivity index (χ1v) is 6.76. The maximum Gasteiger partial charge on any atom is 0.453 e.